The molecule has 1 aromatic rings. The van der Waals surface area contributed by atoms with Gasteiger partial charge in [-0.3, -0.25) is 9.69 Å². The van der Waals surface area contributed by atoms with E-state index in [1.54, 1.807) is 13.0 Å². The van der Waals surface area contributed by atoms with E-state index < -0.39 is 18.0 Å². The van der Waals surface area contributed by atoms with E-state index in [0.717, 1.165) is 24.2 Å². The van der Waals surface area contributed by atoms with Gasteiger partial charge in [-0.1, -0.05) is 25.7 Å². The molecule has 0 radical (unpaired) electrons. The molecule has 1 amide bonds. The number of carboxylic acid groups (broad SMARTS) is 2. The lowest BCUT2D eigenvalue weighted by molar-refractivity contribution is -0.140. The average molecular weight is 434 g/mol. The first-order valence-corrected chi connectivity index (χ1v) is 11.2. The molecule has 30 heavy (non-hydrogen) atoms. The summed E-state index contributed by atoms with van der Waals surface area (Å²) in [5.41, 5.74) is -0.127. The predicted octanol–water partition coefficient (Wildman–Crippen LogP) is 4.87. The number of hydrogen-bond donors (Lipinski definition) is 2. The van der Waals surface area contributed by atoms with Gasteiger partial charge in [-0.15, -0.1) is 11.3 Å². The zero-order valence-electron chi connectivity index (χ0n) is 18.3. The molecule has 1 aliphatic carbocycles. The van der Waals surface area contributed by atoms with Crippen LogP contribution in [-0.4, -0.2) is 34.1 Å². The fourth-order valence-corrected chi connectivity index (χ4v) is 4.48. The largest absolute Gasteiger partial charge is 0.480 e. The topological polar surface area (TPSA) is 94.9 Å². The van der Waals surface area contributed by atoms with Crippen molar-refractivity contribution in [3.8, 4) is 11.8 Å². The Labute approximate surface area is 182 Å². The number of anilines is 1. The number of aromatic carboxylic acids is 1. The summed E-state index contributed by atoms with van der Waals surface area (Å²) in [6.45, 7) is 9.68. The molecule has 1 fully saturated rings. The SMILES string of the molecule is CC[C@@H](C(=O)O)N(c1cc(C#CC(C)(C)C)sc1C(=O)O)C(=O)[C@H]1CC[C@H](C)CC1. The van der Waals surface area contributed by atoms with Crippen LogP contribution in [0.25, 0.3) is 0 Å². The van der Waals surface area contributed by atoms with Crippen LogP contribution in [0.4, 0.5) is 5.69 Å². The molecule has 0 spiro atoms. The Morgan fingerprint density at radius 3 is 2.27 bits per heavy atom. The van der Waals surface area contributed by atoms with Crippen molar-refractivity contribution in [3.63, 3.8) is 0 Å². The van der Waals surface area contributed by atoms with E-state index in [0.29, 0.717) is 23.6 Å². The van der Waals surface area contributed by atoms with E-state index in [2.05, 4.69) is 18.8 Å². The second-order valence-electron chi connectivity index (χ2n) is 9.06. The van der Waals surface area contributed by atoms with Gasteiger partial charge in [0, 0.05) is 11.3 Å². The van der Waals surface area contributed by atoms with Crippen LogP contribution in [0.2, 0.25) is 0 Å². The number of nitrogens with zero attached hydrogens (tertiary/aromatic N) is 1. The summed E-state index contributed by atoms with van der Waals surface area (Å²) in [5.74, 6) is 3.68. The molecule has 1 aliphatic rings. The molecule has 0 unspecified atom stereocenters. The van der Waals surface area contributed by atoms with Gasteiger partial charge in [-0.25, -0.2) is 9.59 Å². The first kappa shape index (κ1) is 23.9. The lowest BCUT2D eigenvalue weighted by atomic mass is 9.82. The third kappa shape index (κ3) is 5.85. The van der Waals surface area contributed by atoms with E-state index >= 15 is 0 Å². The Kier molecular flexibility index (Phi) is 7.70. The zero-order valence-corrected chi connectivity index (χ0v) is 19.1. The monoisotopic (exact) mass is 433 g/mol. The minimum Gasteiger partial charge on any atom is -0.480 e. The van der Waals surface area contributed by atoms with Gasteiger partial charge in [0.15, 0.2) is 0 Å². The summed E-state index contributed by atoms with van der Waals surface area (Å²) >= 11 is 0.981. The number of thiophene rings is 1. The number of amides is 1. The molecular weight excluding hydrogens is 402 g/mol. The van der Waals surface area contributed by atoms with E-state index in [1.807, 2.05) is 20.8 Å². The zero-order chi connectivity index (χ0) is 22.6. The normalized spacial score (nSPS) is 20.0. The van der Waals surface area contributed by atoms with Crippen molar-refractivity contribution in [2.24, 2.45) is 17.3 Å². The van der Waals surface area contributed by atoms with Gasteiger partial charge in [-0.2, -0.15) is 0 Å². The molecule has 6 nitrogen and oxygen atoms in total. The third-order valence-electron chi connectivity index (χ3n) is 5.31. The van der Waals surface area contributed by atoms with Crippen LogP contribution in [0.5, 0.6) is 0 Å². The van der Waals surface area contributed by atoms with E-state index in [9.17, 15) is 24.6 Å². The lowest BCUT2D eigenvalue weighted by Crippen LogP contribution is -2.48. The fourth-order valence-electron chi connectivity index (χ4n) is 3.64. The molecule has 1 heterocycles. The highest BCUT2D eigenvalue weighted by atomic mass is 32.1. The minimum atomic E-state index is -1.19. The van der Waals surface area contributed by atoms with Gasteiger partial charge >= 0.3 is 11.9 Å². The minimum absolute atomic E-state index is 0.0505. The molecule has 2 N–H and O–H groups in total. The fraction of sp³-hybridized carbons (Fsp3) is 0.609. The number of carboxylic acids is 2. The quantitative estimate of drug-likeness (QED) is 0.624. The Balaban J connectivity index is 2.55. The van der Waals surface area contributed by atoms with Crippen molar-refractivity contribution in [1.82, 2.24) is 0 Å². The standard InChI is InChI=1S/C23H31NO5S/c1-6-17(21(26)27)24(20(25)15-9-7-14(2)8-10-15)18-13-16(11-12-23(3,4)5)30-19(18)22(28)29/h13-15,17H,6-10H2,1-5H3,(H,26,27)(H,28,29)/t14-,15-,17-/m0/s1. The molecular formula is C23H31NO5S. The van der Waals surface area contributed by atoms with Crippen LogP contribution < -0.4 is 4.90 Å². The van der Waals surface area contributed by atoms with Crippen molar-refractivity contribution < 1.29 is 24.6 Å². The number of rotatable bonds is 6. The van der Waals surface area contributed by atoms with E-state index in [1.165, 1.54) is 4.90 Å². The Hall–Kier alpha value is -2.33. The second kappa shape index (κ2) is 9.65. The van der Waals surface area contributed by atoms with Crippen LogP contribution in [0, 0.1) is 29.1 Å². The number of carbonyl (C=O) groups excluding carboxylic acids is 1. The van der Waals surface area contributed by atoms with Gasteiger partial charge in [-0.05, 0) is 64.9 Å². The van der Waals surface area contributed by atoms with Gasteiger partial charge < -0.3 is 10.2 Å². The molecule has 7 heteroatoms. The average Bonchev–Trinajstić information content (AvgIpc) is 3.07. The summed E-state index contributed by atoms with van der Waals surface area (Å²) in [7, 11) is 0. The van der Waals surface area contributed by atoms with Gasteiger partial charge in [0.25, 0.3) is 0 Å². The predicted molar refractivity (Wildman–Crippen MR) is 118 cm³/mol. The van der Waals surface area contributed by atoms with Crippen LogP contribution in [0.3, 0.4) is 0 Å². The molecule has 0 aliphatic heterocycles. The van der Waals surface area contributed by atoms with Crippen molar-refractivity contribution in [2.45, 2.75) is 72.8 Å². The number of hydrogen-bond acceptors (Lipinski definition) is 4. The van der Waals surface area contributed by atoms with Crippen molar-refractivity contribution >= 4 is 34.9 Å². The van der Waals surface area contributed by atoms with Crippen molar-refractivity contribution in [2.75, 3.05) is 4.90 Å². The molecule has 0 bridgehead atoms. The molecule has 1 aromatic heterocycles. The van der Waals surface area contributed by atoms with Crippen LogP contribution in [0.15, 0.2) is 6.07 Å². The van der Waals surface area contributed by atoms with Crippen LogP contribution in [-0.2, 0) is 9.59 Å². The first-order valence-electron chi connectivity index (χ1n) is 10.4. The first-order chi connectivity index (χ1) is 13.9. The maximum absolute atomic E-state index is 13.4. The molecule has 164 valence electrons. The van der Waals surface area contributed by atoms with Crippen LogP contribution >= 0.6 is 11.3 Å². The molecule has 1 atom stereocenters. The van der Waals surface area contributed by atoms with E-state index in [4.69, 9.17) is 0 Å². The number of carbonyl (C=O) groups is 3. The van der Waals surface area contributed by atoms with Gasteiger partial charge in [0.05, 0.1) is 10.6 Å². The highest BCUT2D eigenvalue weighted by Gasteiger charge is 2.38. The second-order valence-corrected chi connectivity index (χ2v) is 10.1. The highest BCUT2D eigenvalue weighted by Crippen LogP contribution is 2.36. The summed E-state index contributed by atoms with van der Waals surface area (Å²) in [4.78, 5) is 39.0. The van der Waals surface area contributed by atoms with Gasteiger partial charge in [0.1, 0.15) is 10.9 Å². The Morgan fingerprint density at radius 1 is 1.20 bits per heavy atom. The highest BCUT2D eigenvalue weighted by molar-refractivity contribution is 7.15. The summed E-state index contributed by atoms with van der Waals surface area (Å²) < 4.78 is 0. The molecule has 2 rings (SSSR count). The summed E-state index contributed by atoms with van der Waals surface area (Å²) in [6.07, 6.45) is 3.38. The van der Waals surface area contributed by atoms with Gasteiger partial charge in [0.2, 0.25) is 5.91 Å². The van der Waals surface area contributed by atoms with Crippen molar-refractivity contribution in [3.05, 3.63) is 15.8 Å². The molecule has 0 aromatic carbocycles. The van der Waals surface area contributed by atoms with Crippen LogP contribution in [0.1, 0.15) is 81.3 Å². The van der Waals surface area contributed by atoms with E-state index in [-0.39, 0.29) is 34.2 Å². The smallest absolute Gasteiger partial charge is 0.348 e. The Morgan fingerprint density at radius 2 is 1.80 bits per heavy atom. The third-order valence-corrected chi connectivity index (χ3v) is 6.34. The summed E-state index contributed by atoms with van der Waals surface area (Å²) in [5, 5.41) is 19.5. The van der Waals surface area contributed by atoms with Crippen molar-refractivity contribution in [1.29, 1.82) is 0 Å². The molecule has 1 saturated carbocycles. The molecule has 0 saturated heterocycles. The lowest BCUT2D eigenvalue weighted by Gasteiger charge is -2.34. The maximum atomic E-state index is 13.4. The Bertz CT molecular complexity index is 862. The summed E-state index contributed by atoms with van der Waals surface area (Å²) in [6, 6.07) is 0.440. The maximum Gasteiger partial charge on any atom is 0.348 e. The number of aliphatic carboxylic acids is 1.